The Hall–Kier alpha value is -0.710. The first-order valence-corrected chi connectivity index (χ1v) is 4.53. The summed E-state index contributed by atoms with van der Waals surface area (Å²) in [7, 11) is 0. The normalized spacial score (nSPS) is 12.0. The highest BCUT2D eigenvalue weighted by molar-refractivity contribution is 6.18. The molecule has 0 saturated carbocycles. The molecule has 2 nitrogen and oxygen atoms in total. The molecule has 1 N–H and O–H groups in total. The largest absolute Gasteiger partial charge is 0.389 e. The monoisotopic (exact) mass is 229 g/mol. The van der Waals surface area contributed by atoms with Crippen LogP contribution in [0.1, 0.15) is 12.8 Å². The van der Waals surface area contributed by atoms with E-state index in [1.165, 1.54) is 0 Å². The van der Waals surface area contributed by atoms with Crippen molar-refractivity contribution < 1.29 is 18.0 Å². The Labute approximate surface area is 85.1 Å². The fraction of sp³-hybridized carbons (Fsp3) is 0.625. The second kappa shape index (κ2) is 6.70. The van der Waals surface area contributed by atoms with Gasteiger partial charge in [-0.25, -0.2) is 0 Å². The number of amides is 1. The quantitative estimate of drug-likeness (QED) is 0.569. The molecule has 0 rings (SSSR count). The van der Waals surface area contributed by atoms with Gasteiger partial charge in [0.05, 0.1) is 6.42 Å². The van der Waals surface area contributed by atoms with Crippen LogP contribution in [-0.4, -0.2) is 24.5 Å². The van der Waals surface area contributed by atoms with E-state index in [2.05, 4.69) is 5.32 Å². The van der Waals surface area contributed by atoms with Crippen molar-refractivity contribution in [1.82, 2.24) is 5.32 Å². The number of allylic oxidation sites excluding steroid dienone is 1. The molecule has 0 radical (unpaired) electrons. The summed E-state index contributed by atoms with van der Waals surface area (Å²) in [5.41, 5.74) is 0. The SMILES string of the molecule is O=C(CCC(F)(F)F)NC/C=C/CCl. The van der Waals surface area contributed by atoms with Crippen molar-refractivity contribution in [1.29, 1.82) is 0 Å². The van der Waals surface area contributed by atoms with Crippen LogP contribution in [0.5, 0.6) is 0 Å². The van der Waals surface area contributed by atoms with Gasteiger partial charge in [-0.3, -0.25) is 4.79 Å². The van der Waals surface area contributed by atoms with Crippen molar-refractivity contribution >= 4 is 17.5 Å². The van der Waals surface area contributed by atoms with Crippen LogP contribution in [0.3, 0.4) is 0 Å². The minimum Gasteiger partial charge on any atom is -0.353 e. The third kappa shape index (κ3) is 9.38. The number of carbonyl (C=O) groups excluding carboxylic acids is 1. The second-order valence-electron chi connectivity index (χ2n) is 2.54. The molecule has 0 heterocycles. The third-order valence-electron chi connectivity index (χ3n) is 1.31. The number of rotatable bonds is 5. The first-order valence-electron chi connectivity index (χ1n) is 4.00. The summed E-state index contributed by atoms with van der Waals surface area (Å²) in [5, 5.41) is 2.31. The van der Waals surface area contributed by atoms with Crippen LogP contribution in [-0.2, 0) is 4.79 Å². The van der Waals surface area contributed by atoms with Crippen LogP contribution >= 0.6 is 11.6 Å². The molecule has 0 spiro atoms. The fourth-order valence-electron chi connectivity index (χ4n) is 0.663. The summed E-state index contributed by atoms with van der Waals surface area (Å²) < 4.78 is 34.9. The number of hydrogen-bond donors (Lipinski definition) is 1. The van der Waals surface area contributed by atoms with Gasteiger partial charge in [0.1, 0.15) is 0 Å². The van der Waals surface area contributed by atoms with Gasteiger partial charge in [-0.15, -0.1) is 11.6 Å². The van der Waals surface area contributed by atoms with Gasteiger partial charge >= 0.3 is 6.18 Å². The summed E-state index contributed by atoms with van der Waals surface area (Å²) in [6.45, 7) is 0.212. The molecule has 14 heavy (non-hydrogen) atoms. The maximum Gasteiger partial charge on any atom is 0.389 e. The van der Waals surface area contributed by atoms with E-state index in [0.29, 0.717) is 5.88 Å². The zero-order valence-electron chi connectivity index (χ0n) is 7.40. The first-order chi connectivity index (χ1) is 6.45. The number of carbonyl (C=O) groups is 1. The summed E-state index contributed by atoms with van der Waals surface area (Å²) in [6, 6.07) is 0. The zero-order valence-corrected chi connectivity index (χ0v) is 8.16. The Bertz CT molecular complexity index is 203. The standard InChI is InChI=1S/C8H11ClF3NO/c9-5-1-2-6-13-7(14)3-4-8(10,11)12/h1-2H,3-6H2,(H,13,14)/b2-1+. The third-order valence-corrected chi connectivity index (χ3v) is 1.49. The van der Waals surface area contributed by atoms with Gasteiger partial charge < -0.3 is 5.32 Å². The summed E-state index contributed by atoms with van der Waals surface area (Å²) in [5.74, 6) is -0.292. The van der Waals surface area contributed by atoms with Gasteiger partial charge in [0.2, 0.25) is 5.91 Å². The molecule has 0 aliphatic rings. The summed E-state index contributed by atoms with van der Waals surface area (Å²) in [6.07, 6.45) is -2.70. The predicted molar refractivity (Wildman–Crippen MR) is 48.2 cm³/mol. The summed E-state index contributed by atoms with van der Waals surface area (Å²) in [4.78, 5) is 10.8. The molecular formula is C8H11ClF3NO. The van der Waals surface area contributed by atoms with E-state index >= 15 is 0 Å². The molecule has 0 fully saturated rings. The lowest BCUT2D eigenvalue weighted by atomic mass is 10.3. The second-order valence-corrected chi connectivity index (χ2v) is 2.85. The molecule has 0 bridgehead atoms. The van der Waals surface area contributed by atoms with E-state index in [9.17, 15) is 18.0 Å². The van der Waals surface area contributed by atoms with Gasteiger partial charge in [-0.2, -0.15) is 13.2 Å². The van der Waals surface area contributed by atoms with Crippen molar-refractivity contribution in [2.75, 3.05) is 12.4 Å². The minimum atomic E-state index is -4.27. The number of hydrogen-bond acceptors (Lipinski definition) is 1. The fourth-order valence-corrected chi connectivity index (χ4v) is 0.789. The average Bonchev–Trinajstić information content (AvgIpc) is 2.08. The van der Waals surface area contributed by atoms with Crippen molar-refractivity contribution in [2.24, 2.45) is 0 Å². The molecule has 0 unspecified atom stereocenters. The number of nitrogens with one attached hydrogen (secondary N) is 1. The maximum absolute atomic E-state index is 11.6. The zero-order chi connectivity index (χ0) is 11.0. The van der Waals surface area contributed by atoms with E-state index in [0.717, 1.165) is 0 Å². The Morgan fingerprint density at radius 3 is 2.50 bits per heavy atom. The predicted octanol–water partition coefficient (Wildman–Crippen LogP) is 2.24. The highest BCUT2D eigenvalue weighted by atomic mass is 35.5. The van der Waals surface area contributed by atoms with Crippen molar-refractivity contribution in [2.45, 2.75) is 19.0 Å². The van der Waals surface area contributed by atoms with Crippen LogP contribution in [0, 0.1) is 0 Å². The molecule has 0 aliphatic carbocycles. The smallest absolute Gasteiger partial charge is 0.353 e. The molecule has 0 aromatic heterocycles. The highest BCUT2D eigenvalue weighted by Crippen LogP contribution is 2.20. The first kappa shape index (κ1) is 13.3. The van der Waals surface area contributed by atoms with Crippen molar-refractivity contribution in [3.8, 4) is 0 Å². The van der Waals surface area contributed by atoms with E-state index in [1.807, 2.05) is 0 Å². The Balaban J connectivity index is 3.52. The van der Waals surface area contributed by atoms with Gasteiger partial charge in [-0.1, -0.05) is 12.2 Å². The van der Waals surface area contributed by atoms with Crippen LogP contribution in [0.4, 0.5) is 13.2 Å². The van der Waals surface area contributed by atoms with Gasteiger partial charge in [-0.05, 0) is 0 Å². The van der Waals surface area contributed by atoms with E-state index in [4.69, 9.17) is 11.6 Å². The van der Waals surface area contributed by atoms with E-state index in [-0.39, 0.29) is 6.54 Å². The van der Waals surface area contributed by atoms with Crippen molar-refractivity contribution in [3.05, 3.63) is 12.2 Å². The van der Waals surface area contributed by atoms with Crippen LogP contribution in [0.25, 0.3) is 0 Å². The molecule has 82 valence electrons. The average molecular weight is 230 g/mol. The molecular weight excluding hydrogens is 219 g/mol. The number of halogens is 4. The Morgan fingerprint density at radius 1 is 1.36 bits per heavy atom. The molecule has 0 atom stereocenters. The molecule has 0 aromatic rings. The Kier molecular flexibility index (Phi) is 6.36. The molecule has 0 saturated heterocycles. The molecule has 0 aromatic carbocycles. The van der Waals surface area contributed by atoms with Crippen LogP contribution in [0.15, 0.2) is 12.2 Å². The van der Waals surface area contributed by atoms with E-state index < -0.39 is 24.9 Å². The van der Waals surface area contributed by atoms with Gasteiger partial charge in [0.15, 0.2) is 0 Å². The van der Waals surface area contributed by atoms with Gasteiger partial charge in [0.25, 0.3) is 0 Å². The van der Waals surface area contributed by atoms with Crippen LogP contribution in [0.2, 0.25) is 0 Å². The van der Waals surface area contributed by atoms with Gasteiger partial charge in [0, 0.05) is 18.8 Å². The lowest BCUT2D eigenvalue weighted by Crippen LogP contribution is -2.24. The lowest BCUT2D eigenvalue weighted by molar-refractivity contribution is -0.144. The Morgan fingerprint density at radius 2 is 2.00 bits per heavy atom. The van der Waals surface area contributed by atoms with Crippen molar-refractivity contribution in [3.63, 3.8) is 0 Å². The minimum absolute atomic E-state index is 0.212. The summed E-state index contributed by atoms with van der Waals surface area (Å²) >= 11 is 5.29. The lowest BCUT2D eigenvalue weighted by Gasteiger charge is -2.05. The molecule has 6 heteroatoms. The maximum atomic E-state index is 11.6. The molecule has 0 aliphatic heterocycles. The highest BCUT2D eigenvalue weighted by Gasteiger charge is 2.27. The van der Waals surface area contributed by atoms with E-state index in [1.54, 1.807) is 12.2 Å². The number of alkyl halides is 4. The van der Waals surface area contributed by atoms with Crippen LogP contribution < -0.4 is 5.32 Å². The topological polar surface area (TPSA) is 29.1 Å². The molecule has 1 amide bonds.